The Morgan fingerprint density at radius 1 is 1.25 bits per heavy atom. The number of hydrogen-bond donors (Lipinski definition) is 1. The summed E-state index contributed by atoms with van der Waals surface area (Å²) in [6.45, 7) is 7.14. The molecule has 0 heterocycles. The summed E-state index contributed by atoms with van der Waals surface area (Å²) in [7, 11) is 0. The number of nitrogens with zero attached hydrogens (tertiary/aromatic N) is 1. The average Bonchev–Trinajstić information content (AvgIpc) is 3.01. The molecule has 0 atom stereocenters. The summed E-state index contributed by atoms with van der Waals surface area (Å²) >= 11 is 0. The molecule has 2 heteroatoms. The molecule has 2 aliphatic rings. The quantitative estimate of drug-likeness (QED) is 0.687. The van der Waals surface area contributed by atoms with Crippen LogP contribution in [0.15, 0.2) is 0 Å². The lowest BCUT2D eigenvalue weighted by Gasteiger charge is -2.42. The van der Waals surface area contributed by atoms with Gasteiger partial charge in [0.05, 0.1) is 0 Å². The van der Waals surface area contributed by atoms with Crippen LogP contribution >= 0.6 is 0 Å². The zero-order valence-electron chi connectivity index (χ0n) is 10.9. The molecule has 94 valence electrons. The Bertz CT molecular complexity index is 201. The van der Waals surface area contributed by atoms with Crippen molar-refractivity contribution in [1.29, 1.82) is 0 Å². The highest BCUT2D eigenvalue weighted by Gasteiger charge is 2.35. The van der Waals surface area contributed by atoms with Crippen LogP contribution in [0.3, 0.4) is 0 Å². The fraction of sp³-hybridized carbons (Fsp3) is 1.00. The zero-order chi connectivity index (χ0) is 11.4. The minimum absolute atomic E-state index is 0.537. The van der Waals surface area contributed by atoms with Crippen LogP contribution in [0.1, 0.15) is 51.9 Å². The minimum atomic E-state index is 0.537. The van der Waals surface area contributed by atoms with E-state index in [-0.39, 0.29) is 0 Å². The van der Waals surface area contributed by atoms with Crippen molar-refractivity contribution in [3.8, 4) is 0 Å². The highest BCUT2D eigenvalue weighted by atomic mass is 15.1. The van der Waals surface area contributed by atoms with Gasteiger partial charge in [-0.1, -0.05) is 13.3 Å². The Balaban J connectivity index is 1.71. The molecule has 0 saturated heterocycles. The summed E-state index contributed by atoms with van der Waals surface area (Å²) in [6.07, 6.45) is 9.76. The molecule has 2 saturated carbocycles. The van der Waals surface area contributed by atoms with Gasteiger partial charge in [0.2, 0.25) is 0 Å². The molecule has 0 aliphatic heterocycles. The third-order valence-corrected chi connectivity index (χ3v) is 4.56. The molecule has 16 heavy (non-hydrogen) atoms. The van der Waals surface area contributed by atoms with E-state index in [4.69, 9.17) is 5.73 Å². The maximum Gasteiger partial charge on any atom is 0.000966 e. The lowest BCUT2D eigenvalue weighted by atomic mass is 9.66. The van der Waals surface area contributed by atoms with Crippen LogP contribution in [0.5, 0.6) is 0 Å². The second-order valence-corrected chi connectivity index (χ2v) is 6.05. The van der Waals surface area contributed by atoms with Gasteiger partial charge in [-0.3, -0.25) is 0 Å². The predicted molar refractivity (Wildman–Crippen MR) is 69.4 cm³/mol. The highest BCUT2D eigenvalue weighted by Crippen LogP contribution is 2.43. The van der Waals surface area contributed by atoms with Crippen molar-refractivity contribution in [2.24, 2.45) is 17.1 Å². The average molecular weight is 224 g/mol. The van der Waals surface area contributed by atoms with E-state index in [1.807, 2.05) is 0 Å². The van der Waals surface area contributed by atoms with E-state index in [0.717, 1.165) is 12.5 Å². The van der Waals surface area contributed by atoms with Gasteiger partial charge >= 0.3 is 0 Å². The molecule has 2 nitrogen and oxygen atoms in total. The van der Waals surface area contributed by atoms with E-state index < -0.39 is 0 Å². The second-order valence-electron chi connectivity index (χ2n) is 6.05. The Labute approximate surface area is 101 Å². The Kier molecular flexibility index (Phi) is 4.26. The summed E-state index contributed by atoms with van der Waals surface area (Å²) in [5, 5.41) is 0. The number of rotatable bonds is 8. The van der Waals surface area contributed by atoms with Crippen molar-refractivity contribution in [2.75, 3.05) is 26.2 Å². The monoisotopic (exact) mass is 224 g/mol. The van der Waals surface area contributed by atoms with Gasteiger partial charge in [0.1, 0.15) is 0 Å². The molecule has 0 radical (unpaired) electrons. The maximum absolute atomic E-state index is 5.92. The normalized spacial score (nSPS) is 23.4. The molecule has 0 aromatic heterocycles. The van der Waals surface area contributed by atoms with Gasteiger partial charge < -0.3 is 10.6 Å². The predicted octanol–water partition coefficient (Wildman–Crippen LogP) is 2.63. The summed E-state index contributed by atoms with van der Waals surface area (Å²) in [6, 6.07) is 0. The van der Waals surface area contributed by atoms with Crippen LogP contribution in [-0.2, 0) is 0 Å². The largest absolute Gasteiger partial charge is 0.330 e. The smallest absolute Gasteiger partial charge is 0.000966 e. The number of hydrogen-bond acceptors (Lipinski definition) is 2. The van der Waals surface area contributed by atoms with E-state index in [1.54, 1.807) is 0 Å². The van der Waals surface area contributed by atoms with Crippen LogP contribution in [0.4, 0.5) is 0 Å². The third kappa shape index (κ3) is 3.21. The van der Waals surface area contributed by atoms with E-state index in [1.165, 1.54) is 64.6 Å². The Hall–Kier alpha value is -0.0800. The van der Waals surface area contributed by atoms with Gasteiger partial charge in [-0.2, -0.15) is 0 Å². The fourth-order valence-electron chi connectivity index (χ4n) is 2.90. The third-order valence-electron chi connectivity index (χ3n) is 4.56. The molecular weight excluding hydrogens is 196 g/mol. The lowest BCUT2D eigenvalue weighted by molar-refractivity contribution is 0.104. The van der Waals surface area contributed by atoms with Crippen molar-refractivity contribution in [2.45, 2.75) is 51.9 Å². The Morgan fingerprint density at radius 2 is 2.00 bits per heavy atom. The number of nitrogens with two attached hydrogens (primary N) is 1. The van der Waals surface area contributed by atoms with Crippen LogP contribution < -0.4 is 5.73 Å². The fourth-order valence-corrected chi connectivity index (χ4v) is 2.90. The van der Waals surface area contributed by atoms with E-state index >= 15 is 0 Å². The lowest BCUT2D eigenvalue weighted by Crippen LogP contribution is -2.41. The minimum Gasteiger partial charge on any atom is -0.330 e. The first-order valence-corrected chi connectivity index (χ1v) is 7.20. The first-order valence-electron chi connectivity index (χ1n) is 7.20. The van der Waals surface area contributed by atoms with Crippen molar-refractivity contribution in [3.05, 3.63) is 0 Å². The molecule has 0 unspecified atom stereocenters. The molecule has 0 amide bonds. The zero-order valence-corrected chi connectivity index (χ0v) is 10.9. The first-order chi connectivity index (χ1) is 7.78. The van der Waals surface area contributed by atoms with Crippen molar-refractivity contribution >= 4 is 0 Å². The van der Waals surface area contributed by atoms with Crippen molar-refractivity contribution in [1.82, 2.24) is 4.90 Å². The molecule has 2 fully saturated rings. The molecule has 2 rings (SSSR count). The van der Waals surface area contributed by atoms with Gasteiger partial charge in [0.15, 0.2) is 0 Å². The topological polar surface area (TPSA) is 29.3 Å². The van der Waals surface area contributed by atoms with Crippen molar-refractivity contribution < 1.29 is 0 Å². The molecule has 0 aromatic rings. The van der Waals surface area contributed by atoms with E-state index in [2.05, 4.69) is 11.8 Å². The summed E-state index contributed by atoms with van der Waals surface area (Å²) in [4.78, 5) is 2.69. The van der Waals surface area contributed by atoms with Crippen LogP contribution in [0.2, 0.25) is 0 Å². The molecule has 0 aromatic carbocycles. The summed E-state index contributed by atoms with van der Waals surface area (Å²) in [5.41, 5.74) is 6.46. The summed E-state index contributed by atoms with van der Waals surface area (Å²) < 4.78 is 0. The van der Waals surface area contributed by atoms with Crippen LogP contribution in [0, 0.1) is 11.3 Å². The maximum atomic E-state index is 5.92. The Morgan fingerprint density at radius 3 is 2.44 bits per heavy atom. The van der Waals surface area contributed by atoms with Gasteiger partial charge in [0.25, 0.3) is 0 Å². The molecule has 0 bridgehead atoms. The van der Waals surface area contributed by atoms with Gasteiger partial charge in [-0.25, -0.2) is 0 Å². The van der Waals surface area contributed by atoms with E-state index in [0.29, 0.717) is 5.41 Å². The highest BCUT2D eigenvalue weighted by molar-refractivity contribution is 4.89. The first kappa shape index (κ1) is 12.4. The SMILES string of the molecule is CCCN(CCC1(CN)CCC1)CC1CC1. The molecule has 2 N–H and O–H groups in total. The van der Waals surface area contributed by atoms with Gasteiger partial charge in [0, 0.05) is 6.54 Å². The van der Waals surface area contributed by atoms with Gasteiger partial charge in [-0.15, -0.1) is 0 Å². The summed E-state index contributed by atoms with van der Waals surface area (Å²) in [5.74, 6) is 1.03. The second kappa shape index (κ2) is 5.50. The van der Waals surface area contributed by atoms with Crippen molar-refractivity contribution in [3.63, 3.8) is 0 Å². The van der Waals surface area contributed by atoms with Crippen LogP contribution in [0.25, 0.3) is 0 Å². The molecular formula is C14H28N2. The van der Waals surface area contributed by atoms with Gasteiger partial charge in [-0.05, 0) is 69.5 Å². The standard InChI is InChI=1S/C14H28N2/c1-2-9-16(11-13-4-5-13)10-8-14(12-15)6-3-7-14/h13H,2-12,15H2,1H3. The van der Waals surface area contributed by atoms with E-state index in [9.17, 15) is 0 Å². The molecule has 0 spiro atoms. The van der Waals surface area contributed by atoms with Crippen LogP contribution in [-0.4, -0.2) is 31.1 Å². The molecule has 2 aliphatic carbocycles.